The lowest BCUT2D eigenvalue weighted by Crippen LogP contribution is -2.67. The van der Waals surface area contributed by atoms with Gasteiger partial charge in [0.1, 0.15) is 6.61 Å². The first-order chi connectivity index (χ1) is 13.8. The van der Waals surface area contributed by atoms with Crippen LogP contribution in [0.3, 0.4) is 0 Å². The highest BCUT2D eigenvalue weighted by Gasteiger charge is 2.50. The Kier molecular flexibility index (Phi) is 8.23. The average Bonchev–Trinajstić information content (AvgIpc) is 2.70. The van der Waals surface area contributed by atoms with Crippen LogP contribution in [-0.4, -0.2) is 33.8 Å². The van der Waals surface area contributed by atoms with Gasteiger partial charge in [-0.15, -0.1) is 0 Å². The van der Waals surface area contributed by atoms with Crippen molar-refractivity contribution in [2.45, 2.75) is 45.8 Å². The van der Waals surface area contributed by atoms with E-state index in [1.165, 1.54) is 10.4 Å². The van der Waals surface area contributed by atoms with Crippen molar-refractivity contribution in [2.75, 3.05) is 13.2 Å². The van der Waals surface area contributed by atoms with Gasteiger partial charge in [-0.1, -0.05) is 87.5 Å². The molecule has 1 atom stereocenters. The van der Waals surface area contributed by atoms with Crippen LogP contribution in [0.25, 0.3) is 0 Å². The molecule has 0 aromatic heterocycles. The predicted molar refractivity (Wildman–Crippen MR) is 120 cm³/mol. The zero-order valence-corrected chi connectivity index (χ0v) is 19.1. The molecule has 0 aliphatic heterocycles. The number of benzene rings is 2. The third-order valence-electron chi connectivity index (χ3n) is 4.75. The summed E-state index contributed by atoms with van der Waals surface area (Å²) >= 11 is 0. The van der Waals surface area contributed by atoms with Crippen molar-refractivity contribution in [3.8, 4) is 0 Å². The fraction of sp³-hybridized carbons (Fsp3) is 0.375. The van der Waals surface area contributed by atoms with Gasteiger partial charge >= 0.3 is 6.16 Å². The minimum absolute atomic E-state index is 0.0841. The second kappa shape index (κ2) is 10.4. The molecule has 0 aliphatic carbocycles. The average molecular weight is 413 g/mol. The van der Waals surface area contributed by atoms with E-state index in [0.717, 1.165) is 0 Å². The quantitative estimate of drug-likeness (QED) is 0.359. The summed E-state index contributed by atoms with van der Waals surface area (Å²) in [6.07, 6.45) is 2.95. The van der Waals surface area contributed by atoms with Crippen LogP contribution in [-0.2, 0) is 13.9 Å². The third-order valence-corrected chi connectivity index (χ3v) is 9.88. The van der Waals surface area contributed by atoms with Crippen LogP contribution in [0, 0.1) is 0 Å². The fourth-order valence-corrected chi connectivity index (χ4v) is 8.18. The van der Waals surface area contributed by atoms with E-state index in [4.69, 9.17) is 13.9 Å². The number of carbonyl (C=O) groups excluding carboxylic acids is 1. The van der Waals surface area contributed by atoms with Crippen molar-refractivity contribution in [3.63, 3.8) is 0 Å². The molecule has 29 heavy (non-hydrogen) atoms. The third kappa shape index (κ3) is 5.81. The van der Waals surface area contributed by atoms with Crippen LogP contribution in [0.1, 0.15) is 34.6 Å². The standard InChI is InChI=1S/C24H32O4Si/c1-6-26-23(25)27-19-13-14-20(2)28-29(24(3,4)5,21-15-9-7-10-16-21)22-17-11-8-12-18-22/h7-18,20H,6,19H2,1-5H3/b14-13+/t20-/m0/s1. The Morgan fingerprint density at radius 3 is 1.93 bits per heavy atom. The maximum atomic E-state index is 11.3. The van der Waals surface area contributed by atoms with Gasteiger partial charge in [0, 0.05) is 0 Å². The highest BCUT2D eigenvalue weighted by Crippen LogP contribution is 2.37. The molecule has 2 aromatic rings. The van der Waals surface area contributed by atoms with Gasteiger partial charge < -0.3 is 13.9 Å². The molecule has 0 saturated carbocycles. The van der Waals surface area contributed by atoms with E-state index < -0.39 is 14.5 Å². The molecule has 0 saturated heterocycles. The van der Waals surface area contributed by atoms with E-state index in [1.807, 2.05) is 25.1 Å². The molecule has 2 aromatic carbocycles. The van der Waals surface area contributed by atoms with E-state index in [9.17, 15) is 4.79 Å². The highest BCUT2D eigenvalue weighted by atomic mass is 28.4. The summed E-state index contributed by atoms with van der Waals surface area (Å²) in [6.45, 7) is 11.0. The van der Waals surface area contributed by atoms with Crippen molar-refractivity contribution in [1.82, 2.24) is 0 Å². The summed E-state index contributed by atoms with van der Waals surface area (Å²) in [5, 5.41) is 2.39. The van der Waals surface area contributed by atoms with E-state index in [2.05, 4.69) is 69.3 Å². The topological polar surface area (TPSA) is 44.8 Å². The van der Waals surface area contributed by atoms with Crippen LogP contribution >= 0.6 is 0 Å². The van der Waals surface area contributed by atoms with Gasteiger partial charge in [-0.25, -0.2) is 4.79 Å². The largest absolute Gasteiger partial charge is 0.508 e. The minimum Gasteiger partial charge on any atom is -0.435 e. The molecule has 156 valence electrons. The second-order valence-corrected chi connectivity index (χ2v) is 12.2. The molecular weight excluding hydrogens is 380 g/mol. The summed E-state index contributed by atoms with van der Waals surface area (Å²) in [5.41, 5.74) is 0. The smallest absolute Gasteiger partial charge is 0.435 e. The highest BCUT2D eigenvalue weighted by molar-refractivity contribution is 6.99. The first kappa shape index (κ1) is 22.9. The molecule has 0 aliphatic rings. The number of hydrogen-bond acceptors (Lipinski definition) is 4. The zero-order valence-electron chi connectivity index (χ0n) is 18.1. The Hall–Kier alpha value is -2.37. The molecule has 0 heterocycles. The monoisotopic (exact) mass is 412 g/mol. The summed E-state index contributed by atoms with van der Waals surface area (Å²) in [4.78, 5) is 11.3. The van der Waals surface area contributed by atoms with Gasteiger partial charge in [-0.2, -0.15) is 0 Å². The second-order valence-electron chi connectivity index (χ2n) is 7.91. The number of carbonyl (C=O) groups is 1. The summed E-state index contributed by atoms with van der Waals surface area (Å²) in [5.74, 6) is 0. The lowest BCUT2D eigenvalue weighted by molar-refractivity contribution is 0.0671. The van der Waals surface area contributed by atoms with Crippen LogP contribution in [0.15, 0.2) is 72.8 Å². The molecule has 0 bridgehead atoms. The molecular formula is C24H32O4Si. The Morgan fingerprint density at radius 1 is 0.966 bits per heavy atom. The number of ether oxygens (including phenoxy) is 2. The van der Waals surface area contributed by atoms with Crippen LogP contribution < -0.4 is 10.4 Å². The fourth-order valence-electron chi connectivity index (χ4n) is 3.53. The van der Waals surface area contributed by atoms with Crippen molar-refractivity contribution in [1.29, 1.82) is 0 Å². The Bertz CT molecular complexity index is 742. The molecule has 0 N–H and O–H groups in total. The number of hydrogen-bond donors (Lipinski definition) is 0. The van der Waals surface area contributed by atoms with E-state index >= 15 is 0 Å². The van der Waals surface area contributed by atoms with Crippen molar-refractivity contribution < 1.29 is 18.7 Å². The lowest BCUT2D eigenvalue weighted by atomic mass is 10.2. The minimum atomic E-state index is -2.59. The van der Waals surface area contributed by atoms with Gasteiger partial charge in [-0.05, 0) is 35.3 Å². The molecule has 0 radical (unpaired) electrons. The summed E-state index contributed by atoms with van der Waals surface area (Å²) in [7, 11) is -2.59. The molecule has 5 heteroatoms. The molecule has 0 unspecified atom stereocenters. The molecule has 2 rings (SSSR count). The SMILES string of the molecule is CCOC(=O)OC/C=C/[C@H](C)O[Si](c1ccccc1)(c1ccccc1)C(C)(C)C. The summed E-state index contributed by atoms with van der Waals surface area (Å²) < 4.78 is 16.7. The lowest BCUT2D eigenvalue weighted by Gasteiger charge is -2.44. The Morgan fingerprint density at radius 2 is 1.48 bits per heavy atom. The van der Waals surface area contributed by atoms with Gasteiger partial charge in [0.15, 0.2) is 0 Å². The number of rotatable bonds is 8. The van der Waals surface area contributed by atoms with Crippen LogP contribution in [0.5, 0.6) is 0 Å². The normalized spacial score (nSPS) is 13.3. The maximum absolute atomic E-state index is 11.3. The maximum Gasteiger partial charge on any atom is 0.508 e. The molecule has 0 fully saturated rings. The van der Waals surface area contributed by atoms with Crippen molar-refractivity contribution in [3.05, 3.63) is 72.8 Å². The van der Waals surface area contributed by atoms with E-state index in [0.29, 0.717) is 6.61 Å². The van der Waals surface area contributed by atoms with Crippen LogP contribution in [0.2, 0.25) is 5.04 Å². The van der Waals surface area contributed by atoms with E-state index in [1.54, 1.807) is 13.0 Å². The van der Waals surface area contributed by atoms with Gasteiger partial charge in [-0.3, -0.25) is 0 Å². The Labute approximate surface area is 175 Å². The van der Waals surface area contributed by atoms with Gasteiger partial charge in [0.2, 0.25) is 0 Å². The first-order valence-corrected chi connectivity index (χ1v) is 12.0. The molecule has 4 nitrogen and oxygen atoms in total. The molecule has 0 amide bonds. The van der Waals surface area contributed by atoms with Crippen molar-refractivity contribution in [2.24, 2.45) is 0 Å². The predicted octanol–water partition coefficient (Wildman–Crippen LogP) is 4.68. The van der Waals surface area contributed by atoms with Crippen molar-refractivity contribution >= 4 is 24.8 Å². The van der Waals surface area contributed by atoms with E-state index in [-0.39, 0.29) is 17.7 Å². The van der Waals surface area contributed by atoms with Crippen LogP contribution in [0.4, 0.5) is 4.79 Å². The van der Waals surface area contributed by atoms with Gasteiger partial charge in [0.25, 0.3) is 8.32 Å². The van der Waals surface area contributed by atoms with Gasteiger partial charge in [0.05, 0.1) is 12.7 Å². The first-order valence-electron chi connectivity index (χ1n) is 10.1. The zero-order chi connectivity index (χ0) is 21.3. The summed E-state index contributed by atoms with van der Waals surface area (Å²) in [6, 6.07) is 21.0. The molecule has 0 spiro atoms. The Balaban J connectivity index is 2.32.